The van der Waals surface area contributed by atoms with E-state index in [1.165, 1.54) is 0 Å². The van der Waals surface area contributed by atoms with E-state index < -0.39 is 0 Å². The summed E-state index contributed by atoms with van der Waals surface area (Å²) in [6.07, 6.45) is 0. The normalized spacial score (nSPS) is 10.4. The number of methoxy groups -OCH3 is 1. The maximum atomic E-state index is 11.6. The quantitative estimate of drug-likeness (QED) is 0.852. The molecule has 0 unspecified atom stereocenters. The lowest BCUT2D eigenvalue weighted by atomic mass is 10.1. The molecular formula is C13H19NO2. The van der Waals surface area contributed by atoms with Crippen LogP contribution < -0.4 is 10.1 Å². The Balaban J connectivity index is 3.03. The number of anilines is 1. The summed E-state index contributed by atoms with van der Waals surface area (Å²) >= 11 is 0. The van der Waals surface area contributed by atoms with Crippen LogP contribution in [0.1, 0.15) is 25.0 Å². The molecule has 0 aliphatic carbocycles. The highest BCUT2D eigenvalue weighted by atomic mass is 16.5. The van der Waals surface area contributed by atoms with Crippen molar-refractivity contribution in [3.8, 4) is 5.75 Å². The summed E-state index contributed by atoms with van der Waals surface area (Å²) in [5, 5.41) is 2.86. The fraction of sp³-hybridized carbons (Fsp3) is 0.462. The van der Waals surface area contributed by atoms with Crippen molar-refractivity contribution in [1.29, 1.82) is 0 Å². The lowest BCUT2D eigenvalue weighted by Crippen LogP contribution is -2.18. The number of carbonyl (C=O) groups excluding carboxylic acids is 1. The van der Waals surface area contributed by atoms with Crippen molar-refractivity contribution in [2.75, 3.05) is 12.4 Å². The monoisotopic (exact) mass is 221 g/mol. The molecule has 0 radical (unpaired) electrons. The van der Waals surface area contributed by atoms with Crippen molar-refractivity contribution in [2.24, 2.45) is 5.92 Å². The van der Waals surface area contributed by atoms with E-state index in [-0.39, 0.29) is 11.8 Å². The topological polar surface area (TPSA) is 38.3 Å². The van der Waals surface area contributed by atoms with Crippen LogP contribution in [-0.2, 0) is 4.79 Å². The van der Waals surface area contributed by atoms with Crippen molar-refractivity contribution < 1.29 is 9.53 Å². The van der Waals surface area contributed by atoms with Crippen LogP contribution in [0, 0.1) is 19.8 Å². The van der Waals surface area contributed by atoms with E-state index in [2.05, 4.69) is 5.32 Å². The Bertz CT molecular complexity index is 397. The molecule has 3 nitrogen and oxygen atoms in total. The van der Waals surface area contributed by atoms with Crippen LogP contribution in [0.25, 0.3) is 0 Å². The van der Waals surface area contributed by atoms with Gasteiger partial charge in [0.15, 0.2) is 0 Å². The summed E-state index contributed by atoms with van der Waals surface area (Å²) in [5.41, 5.74) is 3.03. The predicted octanol–water partition coefficient (Wildman–Crippen LogP) is 2.91. The fourth-order valence-corrected chi connectivity index (χ4v) is 1.33. The number of amides is 1. The van der Waals surface area contributed by atoms with E-state index in [4.69, 9.17) is 4.74 Å². The number of carbonyl (C=O) groups is 1. The maximum absolute atomic E-state index is 11.6. The molecule has 0 aliphatic heterocycles. The molecule has 0 heterocycles. The molecule has 88 valence electrons. The summed E-state index contributed by atoms with van der Waals surface area (Å²) in [7, 11) is 1.61. The van der Waals surface area contributed by atoms with E-state index in [9.17, 15) is 4.79 Å². The minimum Gasteiger partial charge on any atom is -0.495 e. The zero-order chi connectivity index (χ0) is 12.3. The number of hydrogen-bond donors (Lipinski definition) is 1. The van der Waals surface area contributed by atoms with Gasteiger partial charge in [0.05, 0.1) is 12.8 Å². The molecule has 0 aromatic heterocycles. The second-order valence-electron chi connectivity index (χ2n) is 4.28. The SMILES string of the molecule is COc1cc(C)c(C)cc1NC(=O)C(C)C. The van der Waals surface area contributed by atoms with Crippen LogP contribution in [0.5, 0.6) is 5.75 Å². The Morgan fingerprint density at radius 1 is 1.25 bits per heavy atom. The van der Waals surface area contributed by atoms with E-state index in [1.54, 1.807) is 7.11 Å². The van der Waals surface area contributed by atoms with Crippen molar-refractivity contribution in [3.63, 3.8) is 0 Å². The van der Waals surface area contributed by atoms with Gasteiger partial charge in [0.1, 0.15) is 5.75 Å². The molecule has 0 aliphatic rings. The van der Waals surface area contributed by atoms with Gasteiger partial charge in [0, 0.05) is 5.92 Å². The Morgan fingerprint density at radius 2 is 1.81 bits per heavy atom. The highest BCUT2D eigenvalue weighted by Gasteiger charge is 2.11. The summed E-state index contributed by atoms with van der Waals surface area (Å²) < 4.78 is 5.25. The molecular weight excluding hydrogens is 202 g/mol. The van der Waals surface area contributed by atoms with Crippen molar-refractivity contribution >= 4 is 11.6 Å². The lowest BCUT2D eigenvalue weighted by Gasteiger charge is -2.14. The van der Waals surface area contributed by atoms with Crippen LogP contribution in [0.15, 0.2) is 12.1 Å². The highest BCUT2D eigenvalue weighted by molar-refractivity contribution is 5.93. The summed E-state index contributed by atoms with van der Waals surface area (Å²) in [6, 6.07) is 3.87. The van der Waals surface area contributed by atoms with Gasteiger partial charge < -0.3 is 10.1 Å². The third-order valence-corrected chi connectivity index (χ3v) is 2.60. The molecule has 0 atom stereocenters. The van der Waals surface area contributed by atoms with Crippen LogP contribution in [-0.4, -0.2) is 13.0 Å². The maximum Gasteiger partial charge on any atom is 0.227 e. The second kappa shape index (κ2) is 5.01. The Morgan fingerprint density at radius 3 is 2.31 bits per heavy atom. The first-order chi connectivity index (χ1) is 7.45. The molecule has 0 saturated heterocycles. The first-order valence-corrected chi connectivity index (χ1v) is 5.41. The van der Waals surface area contributed by atoms with Gasteiger partial charge in [-0.15, -0.1) is 0 Å². The van der Waals surface area contributed by atoms with Gasteiger partial charge in [-0.3, -0.25) is 4.79 Å². The number of nitrogens with one attached hydrogen (secondary N) is 1. The van der Waals surface area contributed by atoms with Gasteiger partial charge in [0.2, 0.25) is 5.91 Å². The Labute approximate surface area is 96.8 Å². The smallest absolute Gasteiger partial charge is 0.227 e. The first kappa shape index (κ1) is 12.6. The van der Waals surface area contributed by atoms with Gasteiger partial charge in [-0.25, -0.2) is 0 Å². The van der Waals surface area contributed by atoms with E-state index in [0.29, 0.717) is 5.75 Å². The molecule has 1 N–H and O–H groups in total. The van der Waals surface area contributed by atoms with Crippen LogP contribution in [0.2, 0.25) is 0 Å². The standard InChI is InChI=1S/C13H19NO2/c1-8(2)13(15)14-11-6-9(3)10(4)7-12(11)16-5/h6-8H,1-5H3,(H,14,15). The third-order valence-electron chi connectivity index (χ3n) is 2.60. The molecule has 1 aromatic rings. The summed E-state index contributed by atoms with van der Waals surface area (Å²) in [6.45, 7) is 7.76. The lowest BCUT2D eigenvalue weighted by molar-refractivity contribution is -0.118. The number of ether oxygens (including phenoxy) is 1. The van der Waals surface area contributed by atoms with Gasteiger partial charge in [0.25, 0.3) is 0 Å². The highest BCUT2D eigenvalue weighted by Crippen LogP contribution is 2.28. The van der Waals surface area contributed by atoms with Gasteiger partial charge >= 0.3 is 0 Å². The van der Waals surface area contributed by atoms with Gasteiger partial charge in [-0.05, 0) is 37.1 Å². The largest absolute Gasteiger partial charge is 0.495 e. The van der Waals surface area contributed by atoms with Gasteiger partial charge in [-0.2, -0.15) is 0 Å². The minimum atomic E-state index is -0.0358. The molecule has 3 heteroatoms. The molecule has 16 heavy (non-hydrogen) atoms. The number of rotatable bonds is 3. The molecule has 1 aromatic carbocycles. The van der Waals surface area contributed by atoms with E-state index in [0.717, 1.165) is 16.8 Å². The second-order valence-corrected chi connectivity index (χ2v) is 4.28. The molecule has 1 rings (SSSR count). The van der Waals surface area contributed by atoms with Crippen molar-refractivity contribution in [1.82, 2.24) is 0 Å². The number of hydrogen-bond acceptors (Lipinski definition) is 2. The third kappa shape index (κ3) is 2.75. The number of benzene rings is 1. The Hall–Kier alpha value is -1.51. The average Bonchev–Trinajstić information content (AvgIpc) is 2.22. The van der Waals surface area contributed by atoms with Crippen LogP contribution in [0.4, 0.5) is 5.69 Å². The minimum absolute atomic E-state index is 0.00144. The molecule has 0 saturated carbocycles. The molecule has 1 amide bonds. The molecule has 0 fully saturated rings. The average molecular weight is 221 g/mol. The van der Waals surface area contributed by atoms with Gasteiger partial charge in [-0.1, -0.05) is 13.8 Å². The molecule has 0 spiro atoms. The summed E-state index contributed by atoms with van der Waals surface area (Å²) in [4.78, 5) is 11.6. The fourth-order valence-electron chi connectivity index (χ4n) is 1.33. The van der Waals surface area contributed by atoms with Crippen LogP contribution >= 0.6 is 0 Å². The van der Waals surface area contributed by atoms with Crippen LogP contribution in [0.3, 0.4) is 0 Å². The van der Waals surface area contributed by atoms with Crippen molar-refractivity contribution in [2.45, 2.75) is 27.7 Å². The van der Waals surface area contributed by atoms with E-state index >= 15 is 0 Å². The molecule has 0 bridgehead atoms. The Kier molecular flexibility index (Phi) is 3.93. The predicted molar refractivity (Wildman–Crippen MR) is 65.9 cm³/mol. The summed E-state index contributed by atoms with van der Waals surface area (Å²) in [5.74, 6) is 0.671. The van der Waals surface area contributed by atoms with Crippen molar-refractivity contribution in [3.05, 3.63) is 23.3 Å². The first-order valence-electron chi connectivity index (χ1n) is 5.41. The zero-order valence-electron chi connectivity index (χ0n) is 10.5. The zero-order valence-corrected chi connectivity index (χ0v) is 10.5. The number of aryl methyl sites for hydroxylation is 2. The van der Waals surface area contributed by atoms with E-state index in [1.807, 2.05) is 39.8 Å².